The van der Waals surface area contributed by atoms with E-state index in [1.54, 1.807) is 18.5 Å². The number of nitrogens with zero attached hydrogens (tertiary/aromatic N) is 1. The Morgan fingerprint density at radius 3 is 2.37 bits per heavy atom. The molecule has 1 aromatic carbocycles. The molecule has 0 amide bonds. The van der Waals surface area contributed by atoms with Crippen molar-refractivity contribution in [3.05, 3.63) is 58.2 Å². The maximum Gasteiger partial charge on any atom is 0.188 e. The summed E-state index contributed by atoms with van der Waals surface area (Å²) in [5.41, 5.74) is 4.95. The standard InChI is InChI=1S/C16H18N2O/c1-10-7-14(8-11(2)13(10)4)16(19)12(3)9-15-17-5-6-18-15/h5-9H,1-4H3,(H,17,18). The van der Waals surface area contributed by atoms with E-state index in [1.165, 1.54) is 5.56 Å². The Balaban J connectivity index is 2.34. The van der Waals surface area contributed by atoms with Gasteiger partial charge in [-0.15, -0.1) is 0 Å². The van der Waals surface area contributed by atoms with Crippen LogP contribution < -0.4 is 0 Å². The highest BCUT2D eigenvalue weighted by Gasteiger charge is 2.11. The normalized spacial score (nSPS) is 11.7. The monoisotopic (exact) mass is 254 g/mol. The Hall–Kier alpha value is -2.16. The van der Waals surface area contributed by atoms with Crippen LogP contribution in [-0.2, 0) is 0 Å². The van der Waals surface area contributed by atoms with E-state index in [2.05, 4.69) is 16.9 Å². The van der Waals surface area contributed by atoms with Gasteiger partial charge in [-0.2, -0.15) is 0 Å². The van der Waals surface area contributed by atoms with Crippen molar-refractivity contribution in [1.82, 2.24) is 9.97 Å². The molecule has 0 aliphatic rings. The molecule has 0 aliphatic carbocycles. The quantitative estimate of drug-likeness (QED) is 0.671. The molecule has 2 aromatic rings. The topological polar surface area (TPSA) is 45.8 Å². The number of carbonyl (C=O) groups excluding carboxylic acids is 1. The number of hydrogen-bond donors (Lipinski definition) is 1. The number of imidazole rings is 1. The minimum atomic E-state index is 0.0441. The molecule has 3 heteroatoms. The average molecular weight is 254 g/mol. The third kappa shape index (κ3) is 2.81. The number of allylic oxidation sites excluding steroid dienone is 1. The summed E-state index contributed by atoms with van der Waals surface area (Å²) >= 11 is 0. The van der Waals surface area contributed by atoms with Gasteiger partial charge in [-0.25, -0.2) is 4.98 Å². The van der Waals surface area contributed by atoms with Crippen LogP contribution in [0.3, 0.4) is 0 Å². The van der Waals surface area contributed by atoms with Gasteiger partial charge in [0.15, 0.2) is 5.78 Å². The van der Waals surface area contributed by atoms with E-state index < -0.39 is 0 Å². The summed E-state index contributed by atoms with van der Waals surface area (Å²) in [6.07, 6.45) is 5.18. The van der Waals surface area contributed by atoms with Gasteiger partial charge in [-0.1, -0.05) is 0 Å². The number of ketones is 1. The Morgan fingerprint density at radius 1 is 1.21 bits per heavy atom. The number of H-pyrrole nitrogens is 1. The Kier molecular flexibility index (Phi) is 3.65. The molecule has 0 radical (unpaired) electrons. The van der Waals surface area contributed by atoms with Gasteiger partial charge >= 0.3 is 0 Å². The highest BCUT2D eigenvalue weighted by molar-refractivity contribution is 6.10. The van der Waals surface area contributed by atoms with Crippen LogP contribution in [0.5, 0.6) is 0 Å². The molecule has 19 heavy (non-hydrogen) atoms. The van der Waals surface area contributed by atoms with E-state index >= 15 is 0 Å². The summed E-state index contributed by atoms with van der Waals surface area (Å²) < 4.78 is 0. The fraction of sp³-hybridized carbons (Fsp3) is 0.250. The van der Waals surface area contributed by atoms with Crippen LogP contribution in [0.2, 0.25) is 0 Å². The molecule has 98 valence electrons. The second-order valence-electron chi connectivity index (χ2n) is 4.87. The maximum absolute atomic E-state index is 12.4. The van der Waals surface area contributed by atoms with Crippen molar-refractivity contribution in [1.29, 1.82) is 0 Å². The van der Waals surface area contributed by atoms with Crippen LogP contribution >= 0.6 is 0 Å². The first kappa shape index (κ1) is 13.3. The van der Waals surface area contributed by atoms with E-state index in [0.717, 1.165) is 16.7 Å². The molecule has 0 saturated carbocycles. The lowest BCUT2D eigenvalue weighted by Gasteiger charge is -2.08. The number of Topliss-reactive ketones (excluding diaryl/α,β-unsaturated/α-hetero) is 1. The van der Waals surface area contributed by atoms with E-state index in [0.29, 0.717) is 11.4 Å². The molecular weight excluding hydrogens is 236 g/mol. The second-order valence-corrected chi connectivity index (χ2v) is 4.87. The Bertz CT molecular complexity index is 614. The van der Waals surface area contributed by atoms with Gasteiger partial charge in [0.05, 0.1) is 0 Å². The van der Waals surface area contributed by atoms with Crippen molar-refractivity contribution in [2.75, 3.05) is 0 Å². The number of aryl methyl sites for hydroxylation is 2. The second kappa shape index (κ2) is 5.22. The van der Waals surface area contributed by atoms with Crippen molar-refractivity contribution in [3.63, 3.8) is 0 Å². The van der Waals surface area contributed by atoms with Crippen molar-refractivity contribution in [3.8, 4) is 0 Å². The summed E-state index contributed by atoms with van der Waals surface area (Å²) in [6, 6.07) is 3.90. The Morgan fingerprint density at radius 2 is 1.84 bits per heavy atom. The van der Waals surface area contributed by atoms with Crippen molar-refractivity contribution in [2.45, 2.75) is 27.7 Å². The Labute approximate surface area is 113 Å². The van der Waals surface area contributed by atoms with Gasteiger partial charge in [0.2, 0.25) is 0 Å². The minimum absolute atomic E-state index is 0.0441. The SMILES string of the molecule is CC(=Cc1ncc[nH]1)C(=O)c1cc(C)c(C)c(C)c1. The number of benzene rings is 1. The molecule has 1 heterocycles. The highest BCUT2D eigenvalue weighted by atomic mass is 16.1. The van der Waals surface area contributed by atoms with Crippen LogP contribution in [0.15, 0.2) is 30.1 Å². The summed E-state index contributed by atoms with van der Waals surface area (Å²) in [6.45, 7) is 7.95. The molecule has 0 unspecified atom stereocenters. The van der Waals surface area contributed by atoms with Gasteiger partial charge in [0.25, 0.3) is 0 Å². The number of rotatable bonds is 3. The van der Waals surface area contributed by atoms with Crippen molar-refractivity contribution >= 4 is 11.9 Å². The first-order chi connectivity index (χ1) is 8.99. The zero-order valence-electron chi connectivity index (χ0n) is 11.7. The van der Waals surface area contributed by atoms with Gasteiger partial charge in [-0.05, 0) is 62.6 Å². The fourth-order valence-corrected chi connectivity index (χ4v) is 2.02. The van der Waals surface area contributed by atoms with Crippen molar-refractivity contribution < 1.29 is 4.79 Å². The summed E-state index contributed by atoms with van der Waals surface area (Å²) in [5, 5.41) is 0. The van der Waals surface area contributed by atoms with Crippen LogP contribution in [-0.4, -0.2) is 15.8 Å². The predicted octanol–water partition coefficient (Wildman–Crippen LogP) is 3.62. The minimum Gasteiger partial charge on any atom is -0.345 e. The summed E-state index contributed by atoms with van der Waals surface area (Å²) in [7, 11) is 0. The molecule has 0 bridgehead atoms. The molecule has 0 aliphatic heterocycles. The predicted molar refractivity (Wildman–Crippen MR) is 77.2 cm³/mol. The summed E-state index contributed by atoms with van der Waals surface area (Å²) in [5.74, 6) is 0.744. The van der Waals surface area contributed by atoms with Gasteiger partial charge in [0, 0.05) is 23.5 Å². The van der Waals surface area contributed by atoms with Crippen molar-refractivity contribution in [2.24, 2.45) is 0 Å². The lowest BCUT2D eigenvalue weighted by atomic mass is 9.96. The number of carbonyl (C=O) groups is 1. The molecular formula is C16H18N2O. The molecule has 3 nitrogen and oxygen atoms in total. The molecule has 0 spiro atoms. The van der Waals surface area contributed by atoms with E-state index in [4.69, 9.17) is 0 Å². The van der Waals surface area contributed by atoms with E-state index in [-0.39, 0.29) is 5.78 Å². The van der Waals surface area contributed by atoms with Gasteiger partial charge < -0.3 is 4.98 Å². The third-order valence-electron chi connectivity index (χ3n) is 3.42. The summed E-state index contributed by atoms with van der Waals surface area (Å²) in [4.78, 5) is 19.4. The van der Waals surface area contributed by atoms with E-state index in [9.17, 15) is 4.79 Å². The first-order valence-electron chi connectivity index (χ1n) is 6.29. The largest absolute Gasteiger partial charge is 0.345 e. The molecule has 0 saturated heterocycles. The van der Waals surface area contributed by atoms with Crippen LogP contribution in [0.1, 0.15) is 39.8 Å². The lowest BCUT2D eigenvalue weighted by Crippen LogP contribution is -2.03. The van der Waals surface area contributed by atoms with Crippen LogP contribution in [0, 0.1) is 20.8 Å². The van der Waals surface area contributed by atoms with Gasteiger partial charge in [-0.3, -0.25) is 4.79 Å². The average Bonchev–Trinajstić information content (AvgIpc) is 2.87. The zero-order chi connectivity index (χ0) is 14.0. The highest BCUT2D eigenvalue weighted by Crippen LogP contribution is 2.18. The maximum atomic E-state index is 12.4. The lowest BCUT2D eigenvalue weighted by molar-refractivity contribution is 0.103. The molecule has 0 fully saturated rings. The van der Waals surface area contributed by atoms with Gasteiger partial charge in [0.1, 0.15) is 5.82 Å². The smallest absolute Gasteiger partial charge is 0.188 e. The molecule has 1 N–H and O–H groups in total. The van der Waals surface area contributed by atoms with Crippen LogP contribution in [0.4, 0.5) is 0 Å². The first-order valence-corrected chi connectivity index (χ1v) is 6.29. The molecule has 1 aromatic heterocycles. The van der Waals surface area contributed by atoms with Crippen LogP contribution in [0.25, 0.3) is 6.08 Å². The zero-order valence-corrected chi connectivity index (χ0v) is 11.7. The van der Waals surface area contributed by atoms with E-state index in [1.807, 2.05) is 32.9 Å². The molecule has 0 atom stereocenters. The number of aromatic amines is 1. The molecule has 2 rings (SSSR count). The number of aromatic nitrogens is 2. The fourth-order valence-electron chi connectivity index (χ4n) is 2.02. The number of hydrogen-bond acceptors (Lipinski definition) is 2. The third-order valence-corrected chi connectivity index (χ3v) is 3.42. The number of nitrogens with one attached hydrogen (secondary N) is 1.